The first kappa shape index (κ1) is 16.0. The van der Waals surface area contributed by atoms with Crippen molar-refractivity contribution >= 4 is 17.0 Å². The molecule has 0 spiro atoms. The number of imidazole rings is 1. The Hall–Kier alpha value is -1.85. The predicted octanol–water partition coefficient (Wildman–Crippen LogP) is -2.08. The fourth-order valence-electron chi connectivity index (χ4n) is 2.78. The SMILES string of the molecule is CN(CCN)C[C@H]1O[C@@H](n2cnc3c(N)ncnc32)[C@H](O)[C@@H]1O. The van der Waals surface area contributed by atoms with Crippen LogP contribution < -0.4 is 11.5 Å². The molecule has 2 aromatic heterocycles. The number of hydrogen-bond donors (Lipinski definition) is 4. The number of nitrogens with two attached hydrogens (primary N) is 2. The van der Waals surface area contributed by atoms with Gasteiger partial charge < -0.3 is 31.3 Å². The average molecular weight is 323 g/mol. The number of ether oxygens (including phenoxy) is 1. The molecule has 1 aliphatic rings. The van der Waals surface area contributed by atoms with Gasteiger partial charge in [-0.15, -0.1) is 0 Å². The number of rotatable bonds is 5. The standard InChI is InChI=1S/C13H21N7O3/c1-19(3-2-14)4-7-9(21)10(22)13(23-7)20-6-18-8-11(15)16-5-17-12(8)20/h5-7,9-10,13,21-22H,2-4,14H2,1H3,(H2,15,16,17)/t7-,9-,10-,13-/m1/s1. The van der Waals surface area contributed by atoms with Crippen molar-refractivity contribution < 1.29 is 14.9 Å². The molecular formula is C13H21N7O3. The monoisotopic (exact) mass is 323 g/mol. The summed E-state index contributed by atoms with van der Waals surface area (Å²) in [4.78, 5) is 14.1. The van der Waals surface area contributed by atoms with E-state index >= 15 is 0 Å². The van der Waals surface area contributed by atoms with Crippen molar-refractivity contribution in [1.82, 2.24) is 24.4 Å². The van der Waals surface area contributed by atoms with E-state index in [0.29, 0.717) is 30.8 Å². The molecule has 3 rings (SSSR count). The van der Waals surface area contributed by atoms with E-state index in [9.17, 15) is 10.2 Å². The van der Waals surface area contributed by atoms with Crippen LogP contribution in [-0.2, 0) is 4.74 Å². The summed E-state index contributed by atoms with van der Waals surface area (Å²) in [6, 6.07) is 0. The van der Waals surface area contributed by atoms with Gasteiger partial charge in [0.1, 0.15) is 30.2 Å². The van der Waals surface area contributed by atoms with E-state index in [1.54, 1.807) is 4.57 Å². The second-order valence-corrected chi connectivity index (χ2v) is 5.68. The summed E-state index contributed by atoms with van der Waals surface area (Å²) in [6.45, 7) is 1.63. The van der Waals surface area contributed by atoms with E-state index in [1.165, 1.54) is 12.7 Å². The molecule has 10 nitrogen and oxygen atoms in total. The van der Waals surface area contributed by atoms with Crippen LogP contribution in [0.5, 0.6) is 0 Å². The molecule has 6 N–H and O–H groups in total. The van der Waals surface area contributed by atoms with Gasteiger partial charge in [0.05, 0.1) is 6.33 Å². The van der Waals surface area contributed by atoms with Crippen LogP contribution >= 0.6 is 0 Å². The largest absolute Gasteiger partial charge is 0.387 e. The van der Waals surface area contributed by atoms with Gasteiger partial charge in [0.15, 0.2) is 17.7 Å². The normalized spacial score (nSPS) is 28.0. The Bertz CT molecular complexity index is 679. The number of hydrogen-bond acceptors (Lipinski definition) is 9. The third kappa shape index (κ3) is 2.86. The molecule has 0 amide bonds. The smallest absolute Gasteiger partial charge is 0.167 e. The zero-order valence-electron chi connectivity index (χ0n) is 12.8. The second-order valence-electron chi connectivity index (χ2n) is 5.68. The van der Waals surface area contributed by atoms with Gasteiger partial charge in [0.2, 0.25) is 0 Å². The third-order valence-electron chi connectivity index (χ3n) is 4.00. The van der Waals surface area contributed by atoms with Gasteiger partial charge in [-0.1, -0.05) is 0 Å². The zero-order chi connectivity index (χ0) is 16.6. The predicted molar refractivity (Wildman–Crippen MR) is 82.2 cm³/mol. The topological polar surface area (TPSA) is 149 Å². The molecule has 10 heteroatoms. The van der Waals surface area contributed by atoms with E-state index in [0.717, 1.165) is 0 Å². The summed E-state index contributed by atoms with van der Waals surface area (Å²) in [5.41, 5.74) is 12.2. The summed E-state index contributed by atoms with van der Waals surface area (Å²) in [6.07, 6.45) is -0.650. The number of likely N-dealkylation sites (N-methyl/N-ethyl adjacent to an activating group) is 1. The van der Waals surface area contributed by atoms with Gasteiger partial charge in [-0.2, -0.15) is 0 Å². The number of aliphatic hydroxyl groups is 2. The number of anilines is 1. The Kier molecular flexibility index (Phi) is 4.41. The van der Waals surface area contributed by atoms with Crippen LogP contribution in [0.15, 0.2) is 12.7 Å². The van der Waals surface area contributed by atoms with Crippen molar-refractivity contribution in [2.45, 2.75) is 24.5 Å². The lowest BCUT2D eigenvalue weighted by Crippen LogP contribution is -2.40. The van der Waals surface area contributed by atoms with Crippen molar-refractivity contribution in [2.24, 2.45) is 5.73 Å². The summed E-state index contributed by atoms with van der Waals surface area (Å²) < 4.78 is 7.39. The molecule has 0 unspecified atom stereocenters. The molecule has 0 bridgehead atoms. The molecule has 1 aliphatic heterocycles. The number of fused-ring (bicyclic) bond motifs is 1. The van der Waals surface area contributed by atoms with Crippen molar-refractivity contribution in [1.29, 1.82) is 0 Å². The molecule has 0 aliphatic carbocycles. The minimum absolute atomic E-state index is 0.251. The van der Waals surface area contributed by atoms with Gasteiger partial charge in [-0.3, -0.25) is 4.57 Å². The molecule has 0 aromatic carbocycles. The molecule has 1 saturated heterocycles. The maximum atomic E-state index is 10.3. The highest BCUT2D eigenvalue weighted by Gasteiger charge is 2.44. The molecule has 23 heavy (non-hydrogen) atoms. The minimum atomic E-state index is -1.10. The lowest BCUT2D eigenvalue weighted by Gasteiger charge is -2.22. The molecule has 126 valence electrons. The quantitative estimate of drug-likeness (QED) is 0.486. The average Bonchev–Trinajstić information content (AvgIpc) is 3.05. The molecular weight excluding hydrogens is 302 g/mol. The van der Waals surface area contributed by atoms with Crippen LogP contribution in [0.2, 0.25) is 0 Å². The Morgan fingerprint density at radius 2 is 2.09 bits per heavy atom. The van der Waals surface area contributed by atoms with Gasteiger partial charge in [0.25, 0.3) is 0 Å². The number of aromatic nitrogens is 4. The fraction of sp³-hybridized carbons (Fsp3) is 0.615. The van der Waals surface area contributed by atoms with E-state index in [-0.39, 0.29) is 5.82 Å². The van der Waals surface area contributed by atoms with Gasteiger partial charge >= 0.3 is 0 Å². The van der Waals surface area contributed by atoms with E-state index < -0.39 is 24.5 Å². The van der Waals surface area contributed by atoms with Crippen LogP contribution in [0.1, 0.15) is 6.23 Å². The third-order valence-corrected chi connectivity index (χ3v) is 4.00. The van der Waals surface area contributed by atoms with Crippen molar-refractivity contribution in [3.05, 3.63) is 12.7 Å². The van der Waals surface area contributed by atoms with Gasteiger partial charge in [-0.05, 0) is 7.05 Å². The zero-order valence-corrected chi connectivity index (χ0v) is 12.8. The molecule has 0 saturated carbocycles. The Balaban J connectivity index is 1.84. The Morgan fingerprint density at radius 3 is 2.83 bits per heavy atom. The maximum Gasteiger partial charge on any atom is 0.167 e. The molecule has 3 heterocycles. The minimum Gasteiger partial charge on any atom is -0.387 e. The van der Waals surface area contributed by atoms with Crippen molar-refractivity contribution in [3.8, 4) is 0 Å². The Morgan fingerprint density at radius 1 is 1.30 bits per heavy atom. The number of nitrogen functional groups attached to an aromatic ring is 1. The molecule has 0 radical (unpaired) electrons. The number of nitrogens with zero attached hydrogens (tertiary/aromatic N) is 5. The summed E-state index contributed by atoms with van der Waals surface area (Å²) in [7, 11) is 1.88. The highest BCUT2D eigenvalue weighted by atomic mass is 16.6. The number of aliphatic hydroxyl groups excluding tert-OH is 2. The molecule has 2 aromatic rings. The lowest BCUT2D eigenvalue weighted by atomic mass is 10.1. The first-order valence-electron chi connectivity index (χ1n) is 7.36. The van der Waals surface area contributed by atoms with Gasteiger partial charge in [0, 0.05) is 19.6 Å². The maximum absolute atomic E-state index is 10.3. The first-order chi connectivity index (χ1) is 11.0. The lowest BCUT2D eigenvalue weighted by molar-refractivity contribution is -0.0419. The van der Waals surface area contributed by atoms with E-state index in [2.05, 4.69) is 15.0 Å². The van der Waals surface area contributed by atoms with E-state index in [4.69, 9.17) is 16.2 Å². The van der Waals surface area contributed by atoms with Crippen LogP contribution in [0.25, 0.3) is 11.2 Å². The van der Waals surface area contributed by atoms with Crippen LogP contribution in [0, 0.1) is 0 Å². The molecule has 1 fully saturated rings. The van der Waals surface area contributed by atoms with Crippen LogP contribution in [0.4, 0.5) is 5.82 Å². The highest BCUT2D eigenvalue weighted by Crippen LogP contribution is 2.32. The van der Waals surface area contributed by atoms with Crippen molar-refractivity contribution in [2.75, 3.05) is 32.4 Å². The van der Waals surface area contributed by atoms with Gasteiger partial charge in [-0.25, -0.2) is 15.0 Å². The summed E-state index contributed by atoms with van der Waals surface area (Å²) in [5.74, 6) is 0.251. The highest BCUT2D eigenvalue weighted by molar-refractivity contribution is 5.81. The van der Waals surface area contributed by atoms with Crippen molar-refractivity contribution in [3.63, 3.8) is 0 Å². The Labute approximate surface area is 132 Å². The van der Waals surface area contributed by atoms with Crippen LogP contribution in [0.3, 0.4) is 0 Å². The second kappa shape index (κ2) is 6.34. The van der Waals surface area contributed by atoms with Crippen LogP contribution in [-0.4, -0.2) is 79.6 Å². The first-order valence-corrected chi connectivity index (χ1v) is 7.36. The van der Waals surface area contributed by atoms with E-state index in [1.807, 2.05) is 11.9 Å². The summed E-state index contributed by atoms with van der Waals surface area (Å²) in [5, 5.41) is 20.6. The summed E-state index contributed by atoms with van der Waals surface area (Å²) >= 11 is 0. The molecule has 4 atom stereocenters. The fourth-order valence-corrected chi connectivity index (χ4v) is 2.78.